The van der Waals surface area contributed by atoms with Crippen molar-refractivity contribution in [1.82, 2.24) is 15.6 Å². The molecular weight excluding hydrogens is 511 g/mol. The molecule has 194 valence electrons. The predicted molar refractivity (Wildman–Crippen MR) is 132 cm³/mol. The number of nitrogen functional groups attached to an aromatic ring is 1. The third-order valence-corrected chi connectivity index (χ3v) is 6.04. The number of pyridine rings is 1. The number of hydrogen-bond donors (Lipinski definition) is 4. The molecule has 1 aromatic heterocycles. The van der Waals surface area contributed by atoms with E-state index >= 15 is 0 Å². The molecule has 1 unspecified atom stereocenters. The number of aromatic nitrogens is 1. The number of benzene rings is 2. The van der Waals surface area contributed by atoms with Crippen LogP contribution in [0.1, 0.15) is 27.9 Å². The normalized spacial score (nSPS) is 17.3. The predicted octanol–water partition coefficient (Wildman–Crippen LogP) is 4.28. The Morgan fingerprint density at radius 3 is 2.51 bits per heavy atom. The molecule has 8 nitrogen and oxygen atoms in total. The summed E-state index contributed by atoms with van der Waals surface area (Å²) in [6.07, 6.45) is -1.53. The second kappa shape index (κ2) is 10.7. The molecule has 1 fully saturated rings. The highest BCUT2D eigenvalue weighted by molar-refractivity contribution is 6.30. The lowest BCUT2D eigenvalue weighted by Gasteiger charge is -2.27. The number of carbonyl (C=O) groups is 2. The monoisotopic (exact) mass is 533 g/mol. The summed E-state index contributed by atoms with van der Waals surface area (Å²) in [7, 11) is 0. The van der Waals surface area contributed by atoms with Gasteiger partial charge in [-0.2, -0.15) is 13.2 Å². The van der Waals surface area contributed by atoms with Crippen LogP contribution in [0.5, 0.6) is 0 Å². The second-order valence-corrected chi connectivity index (χ2v) is 8.97. The van der Waals surface area contributed by atoms with E-state index in [9.17, 15) is 22.8 Å². The van der Waals surface area contributed by atoms with Gasteiger partial charge in [0.25, 0.3) is 5.91 Å². The van der Waals surface area contributed by atoms with Crippen LogP contribution in [0.15, 0.2) is 60.9 Å². The Morgan fingerprint density at radius 2 is 1.86 bits per heavy atom. The molecule has 37 heavy (non-hydrogen) atoms. The molecule has 1 aliphatic heterocycles. The van der Waals surface area contributed by atoms with Crippen molar-refractivity contribution in [2.45, 2.75) is 24.7 Å². The second-order valence-electron chi connectivity index (χ2n) is 8.54. The van der Waals surface area contributed by atoms with Crippen LogP contribution in [0, 0.1) is 0 Å². The summed E-state index contributed by atoms with van der Waals surface area (Å²) >= 11 is 5.73. The maximum absolute atomic E-state index is 13.3. The summed E-state index contributed by atoms with van der Waals surface area (Å²) in [5.41, 5.74) is 5.08. The topological polar surface area (TPSA) is 118 Å². The minimum absolute atomic E-state index is 0.00576. The quantitative estimate of drug-likeness (QED) is 0.360. The standard InChI is InChI=1S/C25H23ClF3N5O3/c26-17-3-6-21(20(10-17)25(27,28)29)33-19-4-1-15(2-5-19)11-32-23(36)24(7-8-37-14-24)34-22(35)16-9-18(30)13-31-12-16/h1-6,9-10,12-13,33H,7-8,11,14,30H2,(H,32,36)(H,34,35). The highest BCUT2D eigenvalue weighted by Gasteiger charge is 2.43. The van der Waals surface area contributed by atoms with Crippen LogP contribution in [0.3, 0.4) is 0 Å². The molecule has 2 heterocycles. The lowest BCUT2D eigenvalue weighted by atomic mass is 9.96. The summed E-state index contributed by atoms with van der Waals surface area (Å²) in [4.78, 5) is 29.7. The van der Waals surface area contributed by atoms with Crippen LogP contribution < -0.4 is 21.7 Å². The molecule has 2 aromatic carbocycles. The van der Waals surface area contributed by atoms with Crippen molar-refractivity contribution in [3.05, 3.63) is 82.6 Å². The van der Waals surface area contributed by atoms with E-state index in [1.807, 2.05) is 0 Å². The van der Waals surface area contributed by atoms with E-state index in [1.165, 1.54) is 30.6 Å². The van der Waals surface area contributed by atoms with Gasteiger partial charge in [-0.25, -0.2) is 0 Å². The van der Waals surface area contributed by atoms with Crippen LogP contribution in [0.4, 0.5) is 30.2 Å². The van der Waals surface area contributed by atoms with E-state index in [0.717, 1.165) is 6.07 Å². The van der Waals surface area contributed by atoms with E-state index in [2.05, 4.69) is 20.9 Å². The van der Waals surface area contributed by atoms with Crippen LogP contribution in [0.25, 0.3) is 0 Å². The van der Waals surface area contributed by atoms with Gasteiger partial charge in [-0.15, -0.1) is 0 Å². The van der Waals surface area contributed by atoms with Gasteiger partial charge in [0, 0.05) is 42.7 Å². The Labute approximate surface area is 215 Å². The van der Waals surface area contributed by atoms with E-state index in [1.54, 1.807) is 24.3 Å². The SMILES string of the molecule is Nc1cncc(C(=O)NC2(C(=O)NCc3ccc(Nc4ccc(Cl)cc4C(F)(F)F)cc3)CCOC2)c1. The number of halogens is 4. The highest BCUT2D eigenvalue weighted by Crippen LogP contribution is 2.37. The Kier molecular flexibility index (Phi) is 7.55. The first-order valence-corrected chi connectivity index (χ1v) is 11.6. The lowest BCUT2D eigenvalue weighted by Crippen LogP contribution is -2.59. The van der Waals surface area contributed by atoms with Gasteiger partial charge >= 0.3 is 6.18 Å². The van der Waals surface area contributed by atoms with Crippen LogP contribution in [0.2, 0.25) is 5.02 Å². The van der Waals surface area contributed by atoms with Gasteiger partial charge in [0.15, 0.2) is 0 Å². The number of nitrogens with two attached hydrogens (primary N) is 1. The van der Waals surface area contributed by atoms with Crippen molar-refractivity contribution in [2.75, 3.05) is 24.3 Å². The largest absolute Gasteiger partial charge is 0.418 e. The van der Waals surface area contributed by atoms with Crippen molar-refractivity contribution in [1.29, 1.82) is 0 Å². The first kappa shape index (κ1) is 26.2. The zero-order chi connectivity index (χ0) is 26.6. The number of hydrogen-bond acceptors (Lipinski definition) is 6. The average molecular weight is 534 g/mol. The maximum atomic E-state index is 13.3. The first-order valence-electron chi connectivity index (χ1n) is 11.2. The third kappa shape index (κ3) is 6.30. The Morgan fingerprint density at radius 1 is 1.11 bits per heavy atom. The summed E-state index contributed by atoms with van der Waals surface area (Å²) in [6.45, 7) is 0.435. The smallest absolute Gasteiger partial charge is 0.397 e. The Bertz CT molecular complexity index is 1300. The summed E-state index contributed by atoms with van der Waals surface area (Å²) in [5.74, 6) is -0.926. The molecule has 1 saturated heterocycles. The minimum Gasteiger partial charge on any atom is -0.397 e. The third-order valence-electron chi connectivity index (χ3n) is 5.80. The molecule has 2 amide bonds. The van der Waals surface area contributed by atoms with Crippen molar-refractivity contribution in [2.24, 2.45) is 0 Å². The Balaban J connectivity index is 1.40. The molecule has 3 aromatic rings. The number of ether oxygens (including phenoxy) is 1. The van der Waals surface area contributed by atoms with Crippen LogP contribution in [-0.2, 0) is 22.3 Å². The molecular formula is C25H23ClF3N5O3. The molecule has 0 spiro atoms. The summed E-state index contributed by atoms with van der Waals surface area (Å²) in [6, 6.07) is 11.5. The molecule has 5 N–H and O–H groups in total. The molecule has 0 bridgehead atoms. The van der Waals surface area contributed by atoms with Gasteiger partial charge in [0.1, 0.15) is 5.54 Å². The first-order chi connectivity index (χ1) is 17.6. The van der Waals surface area contributed by atoms with Gasteiger partial charge in [-0.05, 0) is 42.0 Å². The van der Waals surface area contributed by atoms with Crippen molar-refractivity contribution in [3.8, 4) is 0 Å². The fourth-order valence-corrected chi connectivity index (χ4v) is 4.02. The summed E-state index contributed by atoms with van der Waals surface area (Å²) in [5, 5.41) is 8.27. The number of alkyl halides is 3. The number of rotatable bonds is 7. The molecule has 4 rings (SSSR count). The van der Waals surface area contributed by atoms with E-state index in [-0.39, 0.29) is 35.8 Å². The Hall–Kier alpha value is -3.83. The number of anilines is 3. The minimum atomic E-state index is -4.57. The van der Waals surface area contributed by atoms with Gasteiger partial charge in [0.2, 0.25) is 5.91 Å². The number of nitrogens with zero attached hydrogens (tertiary/aromatic N) is 1. The number of amides is 2. The van der Waals surface area contributed by atoms with Crippen LogP contribution in [-0.4, -0.2) is 35.6 Å². The number of carbonyl (C=O) groups excluding carboxylic acids is 2. The van der Waals surface area contributed by atoms with E-state index in [0.29, 0.717) is 23.5 Å². The number of nitrogens with one attached hydrogen (secondary N) is 3. The maximum Gasteiger partial charge on any atom is 0.418 e. The van der Waals surface area contributed by atoms with Gasteiger partial charge in [0.05, 0.1) is 29.1 Å². The van der Waals surface area contributed by atoms with Crippen molar-refractivity contribution in [3.63, 3.8) is 0 Å². The molecule has 1 aliphatic rings. The fraction of sp³-hybridized carbons (Fsp3) is 0.240. The molecule has 0 radical (unpaired) electrons. The zero-order valence-corrected chi connectivity index (χ0v) is 20.1. The molecule has 0 saturated carbocycles. The fourth-order valence-electron chi connectivity index (χ4n) is 3.84. The van der Waals surface area contributed by atoms with Gasteiger partial charge < -0.3 is 26.4 Å². The zero-order valence-electron chi connectivity index (χ0n) is 19.4. The van der Waals surface area contributed by atoms with Crippen LogP contribution >= 0.6 is 11.6 Å². The lowest BCUT2D eigenvalue weighted by molar-refractivity contribution is -0.137. The molecule has 0 aliphatic carbocycles. The van der Waals surface area contributed by atoms with Crippen molar-refractivity contribution < 1.29 is 27.5 Å². The van der Waals surface area contributed by atoms with E-state index < -0.39 is 29.1 Å². The molecule has 12 heteroatoms. The average Bonchev–Trinajstić information content (AvgIpc) is 3.33. The molecule has 1 atom stereocenters. The summed E-state index contributed by atoms with van der Waals surface area (Å²) < 4.78 is 45.4. The van der Waals surface area contributed by atoms with E-state index in [4.69, 9.17) is 22.1 Å². The van der Waals surface area contributed by atoms with Gasteiger partial charge in [-0.1, -0.05) is 23.7 Å². The van der Waals surface area contributed by atoms with Gasteiger partial charge in [-0.3, -0.25) is 14.6 Å². The highest BCUT2D eigenvalue weighted by atomic mass is 35.5. The van der Waals surface area contributed by atoms with Crippen molar-refractivity contribution >= 4 is 40.5 Å².